The molecule has 0 aromatic rings. The number of hydrogen-bond donors (Lipinski definition) is 1. The molecule has 1 N–H and O–H groups in total. The van der Waals surface area contributed by atoms with Crippen LogP contribution in [0, 0.1) is 28.6 Å². The van der Waals surface area contributed by atoms with Gasteiger partial charge >= 0.3 is 11.9 Å². The Labute approximate surface area is 127 Å². The van der Waals surface area contributed by atoms with Crippen LogP contribution in [0.5, 0.6) is 0 Å². The molecule has 120 valence electrons. The van der Waals surface area contributed by atoms with Gasteiger partial charge in [0.25, 0.3) is 0 Å². The van der Waals surface area contributed by atoms with E-state index in [2.05, 4.69) is 0 Å². The normalized spacial score (nSPS) is 15.9. The minimum Gasteiger partial charge on any atom is -0.480 e. The molecule has 0 amide bonds. The van der Waals surface area contributed by atoms with Crippen LogP contribution in [-0.2, 0) is 14.3 Å². The van der Waals surface area contributed by atoms with Crippen molar-refractivity contribution >= 4 is 11.9 Å². The molecule has 2 atom stereocenters. The predicted octanol–water partition coefficient (Wildman–Crippen LogP) is 3.39. The van der Waals surface area contributed by atoms with Crippen molar-refractivity contribution in [1.82, 2.24) is 0 Å². The second-order valence-corrected chi connectivity index (χ2v) is 6.79. The highest BCUT2D eigenvalue weighted by atomic mass is 16.6. The maximum absolute atomic E-state index is 12.0. The first-order valence-corrected chi connectivity index (χ1v) is 7.36. The number of esters is 1. The van der Waals surface area contributed by atoms with E-state index in [0.717, 1.165) is 6.42 Å². The lowest BCUT2D eigenvalue weighted by atomic mass is 9.67. The fourth-order valence-corrected chi connectivity index (χ4v) is 2.60. The van der Waals surface area contributed by atoms with Gasteiger partial charge < -0.3 is 9.84 Å². The van der Waals surface area contributed by atoms with Gasteiger partial charge in [-0.3, -0.25) is 9.59 Å². The van der Waals surface area contributed by atoms with Gasteiger partial charge in [-0.2, -0.15) is 5.26 Å². The summed E-state index contributed by atoms with van der Waals surface area (Å²) >= 11 is 0. The molecule has 0 aliphatic rings. The molecule has 0 spiro atoms. The molecule has 2 unspecified atom stereocenters. The summed E-state index contributed by atoms with van der Waals surface area (Å²) in [5, 5.41) is 19.1. The van der Waals surface area contributed by atoms with Gasteiger partial charge in [0.05, 0.1) is 12.5 Å². The van der Waals surface area contributed by atoms with E-state index in [1.54, 1.807) is 20.8 Å². The molecule has 0 aliphatic heterocycles. The predicted molar refractivity (Wildman–Crippen MR) is 79.4 cm³/mol. The summed E-state index contributed by atoms with van der Waals surface area (Å²) in [7, 11) is 0. The number of nitriles is 1. The SMILES string of the molecule is CCCC(C(C)C)C(C#N)(CC(=O)OC(C)(C)C)C(=O)O. The third-order valence-electron chi connectivity index (χ3n) is 3.46. The minimum atomic E-state index is -1.73. The fraction of sp³-hybridized carbons (Fsp3) is 0.812. The van der Waals surface area contributed by atoms with Crippen LogP contribution in [0.25, 0.3) is 0 Å². The van der Waals surface area contributed by atoms with E-state index in [4.69, 9.17) is 4.74 Å². The summed E-state index contributed by atoms with van der Waals surface area (Å²) < 4.78 is 5.20. The zero-order valence-electron chi connectivity index (χ0n) is 13.9. The van der Waals surface area contributed by atoms with Crippen LogP contribution in [-0.4, -0.2) is 22.6 Å². The van der Waals surface area contributed by atoms with E-state index < -0.39 is 35.3 Å². The van der Waals surface area contributed by atoms with Crippen LogP contribution in [0.4, 0.5) is 0 Å². The van der Waals surface area contributed by atoms with Crippen molar-refractivity contribution in [3.63, 3.8) is 0 Å². The Morgan fingerprint density at radius 2 is 1.81 bits per heavy atom. The quantitative estimate of drug-likeness (QED) is 0.728. The van der Waals surface area contributed by atoms with Gasteiger partial charge in [0.2, 0.25) is 0 Å². The van der Waals surface area contributed by atoms with Gasteiger partial charge in [-0.1, -0.05) is 27.2 Å². The molecular formula is C16H27NO4. The average Bonchev–Trinajstić information content (AvgIpc) is 2.30. The summed E-state index contributed by atoms with van der Waals surface area (Å²) in [4.78, 5) is 23.8. The monoisotopic (exact) mass is 297 g/mol. The largest absolute Gasteiger partial charge is 0.480 e. The highest BCUT2D eigenvalue weighted by Crippen LogP contribution is 2.40. The van der Waals surface area contributed by atoms with E-state index in [1.807, 2.05) is 26.8 Å². The molecule has 0 saturated heterocycles. The molecule has 0 radical (unpaired) electrons. The van der Waals surface area contributed by atoms with Crippen LogP contribution in [0.15, 0.2) is 0 Å². The van der Waals surface area contributed by atoms with Gasteiger partial charge in [0.1, 0.15) is 5.60 Å². The molecule has 0 saturated carbocycles. The van der Waals surface area contributed by atoms with Crippen molar-refractivity contribution in [3.05, 3.63) is 0 Å². The van der Waals surface area contributed by atoms with Crippen molar-refractivity contribution in [3.8, 4) is 6.07 Å². The molecule has 0 aromatic carbocycles. The number of aliphatic carboxylic acids is 1. The summed E-state index contributed by atoms with van der Waals surface area (Å²) in [6.07, 6.45) is 0.924. The van der Waals surface area contributed by atoms with Crippen molar-refractivity contribution in [2.75, 3.05) is 0 Å². The van der Waals surface area contributed by atoms with Crippen molar-refractivity contribution in [1.29, 1.82) is 5.26 Å². The van der Waals surface area contributed by atoms with E-state index in [9.17, 15) is 20.0 Å². The number of carbonyl (C=O) groups excluding carboxylic acids is 1. The molecule has 5 nitrogen and oxygen atoms in total. The second-order valence-electron chi connectivity index (χ2n) is 6.79. The van der Waals surface area contributed by atoms with E-state index >= 15 is 0 Å². The third-order valence-corrected chi connectivity index (χ3v) is 3.46. The standard InChI is InChI=1S/C16H27NO4/c1-7-8-12(11(2)3)16(10-17,14(19)20)9-13(18)21-15(4,5)6/h11-12H,7-9H2,1-6H3,(H,19,20). The topological polar surface area (TPSA) is 87.4 Å². The Morgan fingerprint density at radius 3 is 2.10 bits per heavy atom. The van der Waals surface area contributed by atoms with Crippen LogP contribution in [0.3, 0.4) is 0 Å². The van der Waals surface area contributed by atoms with Gasteiger partial charge in [0.15, 0.2) is 5.41 Å². The van der Waals surface area contributed by atoms with Crippen LogP contribution < -0.4 is 0 Å². The van der Waals surface area contributed by atoms with E-state index in [0.29, 0.717) is 6.42 Å². The highest BCUT2D eigenvalue weighted by molar-refractivity contribution is 5.85. The molecule has 0 heterocycles. The minimum absolute atomic E-state index is 0.0110. The van der Waals surface area contributed by atoms with Crippen molar-refractivity contribution < 1.29 is 19.4 Å². The summed E-state index contributed by atoms with van der Waals surface area (Å²) in [5.74, 6) is -2.29. The maximum Gasteiger partial charge on any atom is 0.324 e. The molecule has 21 heavy (non-hydrogen) atoms. The second kappa shape index (κ2) is 7.44. The van der Waals surface area contributed by atoms with Gasteiger partial charge in [0, 0.05) is 0 Å². The molecule has 0 aliphatic carbocycles. The number of carbonyl (C=O) groups is 2. The van der Waals surface area contributed by atoms with Crippen LogP contribution in [0.1, 0.15) is 60.8 Å². The summed E-state index contributed by atoms with van der Waals surface area (Å²) in [6, 6.07) is 1.90. The zero-order chi connectivity index (χ0) is 16.8. The van der Waals surface area contributed by atoms with E-state index in [-0.39, 0.29) is 5.92 Å². The number of carboxylic acids is 1. The Morgan fingerprint density at radius 1 is 1.29 bits per heavy atom. The van der Waals surface area contributed by atoms with Crippen LogP contribution >= 0.6 is 0 Å². The molecule has 0 aromatic heterocycles. The number of ether oxygens (including phenoxy) is 1. The maximum atomic E-state index is 12.0. The number of rotatable bonds is 7. The smallest absolute Gasteiger partial charge is 0.324 e. The third kappa shape index (κ3) is 5.37. The number of hydrogen-bond acceptors (Lipinski definition) is 4. The fourth-order valence-electron chi connectivity index (χ4n) is 2.60. The number of carboxylic acid groups (broad SMARTS) is 1. The summed E-state index contributed by atoms with van der Waals surface area (Å²) in [6.45, 7) is 10.8. The molecule has 0 fully saturated rings. The van der Waals surface area contributed by atoms with E-state index in [1.165, 1.54) is 0 Å². The lowest BCUT2D eigenvalue weighted by Crippen LogP contribution is -2.43. The molecular weight excluding hydrogens is 270 g/mol. The molecule has 5 heteroatoms. The first-order valence-electron chi connectivity index (χ1n) is 7.36. The lowest BCUT2D eigenvalue weighted by Gasteiger charge is -2.34. The zero-order valence-corrected chi connectivity index (χ0v) is 13.9. The van der Waals surface area contributed by atoms with Crippen molar-refractivity contribution in [2.45, 2.75) is 66.4 Å². The summed E-state index contributed by atoms with van der Waals surface area (Å²) in [5.41, 5.74) is -2.43. The van der Waals surface area contributed by atoms with Crippen LogP contribution in [0.2, 0.25) is 0 Å². The Balaban J connectivity index is 5.50. The first kappa shape index (κ1) is 19.4. The molecule has 0 rings (SSSR count). The molecule has 0 bridgehead atoms. The Hall–Kier alpha value is -1.57. The first-order chi connectivity index (χ1) is 9.50. The van der Waals surface area contributed by atoms with Gasteiger partial charge in [-0.25, -0.2) is 0 Å². The highest BCUT2D eigenvalue weighted by Gasteiger charge is 2.49. The lowest BCUT2D eigenvalue weighted by molar-refractivity contribution is -0.165. The van der Waals surface area contributed by atoms with Gasteiger partial charge in [-0.15, -0.1) is 0 Å². The van der Waals surface area contributed by atoms with Crippen molar-refractivity contribution in [2.24, 2.45) is 17.3 Å². The van der Waals surface area contributed by atoms with Gasteiger partial charge in [-0.05, 0) is 39.0 Å². The Kier molecular flexibility index (Phi) is 6.89. The Bertz CT molecular complexity index is 417. The average molecular weight is 297 g/mol. The number of nitrogens with zero attached hydrogens (tertiary/aromatic N) is 1.